The standard InChI is InChI=1S/C17H34ClNO/c1-3-4-5-6-7-8-9-10-11-12-13-14-17(15-18)19-16(2)20/h17H,3-15H2,1-2H3,(H,19,20)/t17-/m1/s1. The number of carbonyl (C=O) groups is 1. The Morgan fingerprint density at radius 3 is 1.75 bits per heavy atom. The van der Waals surface area contributed by atoms with Crippen molar-refractivity contribution in [2.24, 2.45) is 0 Å². The number of hydrogen-bond donors (Lipinski definition) is 1. The molecule has 1 N–H and O–H groups in total. The summed E-state index contributed by atoms with van der Waals surface area (Å²) in [7, 11) is 0. The molecule has 3 heteroatoms. The fourth-order valence-electron chi connectivity index (χ4n) is 2.53. The van der Waals surface area contributed by atoms with E-state index in [1.54, 1.807) is 6.92 Å². The number of hydrogen-bond acceptors (Lipinski definition) is 1. The van der Waals surface area contributed by atoms with Gasteiger partial charge in [0.1, 0.15) is 0 Å². The van der Waals surface area contributed by atoms with Crippen molar-refractivity contribution in [2.75, 3.05) is 5.88 Å². The zero-order valence-corrected chi connectivity index (χ0v) is 14.3. The summed E-state index contributed by atoms with van der Waals surface area (Å²) in [6, 6.07) is 0.160. The van der Waals surface area contributed by atoms with Crippen molar-refractivity contribution in [2.45, 2.75) is 96.9 Å². The van der Waals surface area contributed by atoms with E-state index in [1.165, 1.54) is 70.6 Å². The van der Waals surface area contributed by atoms with Gasteiger partial charge in [0.15, 0.2) is 0 Å². The summed E-state index contributed by atoms with van der Waals surface area (Å²) in [6.45, 7) is 3.82. The van der Waals surface area contributed by atoms with Gasteiger partial charge in [-0.05, 0) is 6.42 Å². The van der Waals surface area contributed by atoms with E-state index < -0.39 is 0 Å². The van der Waals surface area contributed by atoms with Crippen LogP contribution in [0.3, 0.4) is 0 Å². The minimum absolute atomic E-state index is 0.0266. The molecule has 2 nitrogen and oxygen atoms in total. The molecular weight excluding hydrogens is 270 g/mol. The average molecular weight is 304 g/mol. The number of alkyl halides is 1. The van der Waals surface area contributed by atoms with Gasteiger partial charge in [-0.15, -0.1) is 11.6 Å². The fraction of sp³-hybridized carbons (Fsp3) is 0.941. The Morgan fingerprint density at radius 1 is 0.900 bits per heavy atom. The molecule has 120 valence electrons. The maximum absolute atomic E-state index is 10.9. The lowest BCUT2D eigenvalue weighted by Crippen LogP contribution is -2.34. The fourth-order valence-corrected chi connectivity index (χ4v) is 2.76. The van der Waals surface area contributed by atoms with Crippen LogP contribution in [0, 0.1) is 0 Å². The van der Waals surface area contributed by atoms with Crippen molar-refractivity contribution in [3.63, 3.8) is 0 Å². The lowest BCUT2D eigenvalue weighted by atomic mass is 10.0. The predicted molar refractivity (Wildman–Crippen MR) is 89.4 cm³/mol. The molecule has 0 saturated carbocycles. The van der Waals surface area contributed by atoms with E-state index in [2.05, 4.69) is 12.2 Å². The second-order valence-corrected chi connectivity index (χ2v) is 6.18. The van der Waals surface area contributed by atoms with Gasteiger partial charge in [-0.1, -0.05) is 77.6 Å². The van der Waals surface area contributed by atoms with Crippen molar-refractivity contribution >= 4 is 17.5 Å². The maximum Gasteiger partial charge on any atom is 0.217 e. The molecule has 0 rings (SSSR count). The van der Waals surface area contributed by atoms with Gasteiger partial charge < -0.3 is 5.32 Å². The first kappa shape index (κ1) is 19.8. The van der Waals surface area contributed by atoms with Gasteiger partial charge in [0, 0.05) is 18.8 Å². The maximum atomic E-state index is 10.9. The largest absolute Gasteiger partial charge is 0.352 e. The van der Waals surface area contributed by atoms with Crippen LogP contribution in [-0.2, 0) is 4.79 Å². The zero-order valence-electron chi connectivity index (χ0n) is 13.6. The first-order valence-corrected chi connectivity index (χ1v) is 9.07. The molecule has 0 aromatic carbocycles. The highest BCUT2D eigenvalue weighted by molar-refractivity contribution is 6.18. The van der Waals surface area contributed by atoms with E-state index in [-0.39, 0.29) is 11.9 Å². The van der Waals surface area contributed by atoms with Gasteiger partial charge in [-0.25, -0.2) is 0 Å². The number of halogens is 1. The lowest BCUT2D eigenvalue weighted by Gasteiger charge is -2.14. The summed E-state index contributed by atoms with van der Waals surface area (Å²) in [4.78, 5) is 10.9. The Labute approximate surface area is 131 Å². The number of rotatable bonds is 14. The average Bonchev–Trinajstić information content (AvgIpc) is 2.43. The summed E-state index contributed by atoms with van der Waals surface area (Å²) in [5.74, 6) is 0.552. The Balaban J connectivity index is 3.21. The summed E-state index contributed by atoms with van der Waals surface area (Å²) in [5, 5.41) is 2.89. The second kappa shape index (κ2) is 15.2. The highest BCUT2D eigenvalue weighted by Crippen LogP contribution is 2.12. The third-order valence-electron chi connectivity index (χ3n) is 3.75. The van der Waals surface area contributed by atoms with Crippen molar-refractivity contribution in [1.29, 1.82) is 0 Å². The Morgan fingerprint density at radius 2 is 1.35 bits per heavy atom. The van der Waals surface area contributed by atoms with Crippen LogP contribution < -0.4 is 5.32 Å². The Bertz CT molecular complexity index is 221. The topological polar surface area (TPSA) is 29.1 Å². The van der Waals surface area contributed by atoms with Crippen LogP contribution >= 0.6 is 11.6 Å². The van der Waals surface area contributed by atoms with Crippen LogP contribution in [0.4, 0.5) is 0 Å². The van der Waals surface area contributed by atoms with Crippen LogP contribution in [-0.4, -0.2) is 17.8 Å². The third kappa shape index (κ3) is 14.2. The molecule has 20 heavy (non-hydrogen) atoms. The van der Waals surface area contributed by atoms with E-state index in [0.29, 0.717) is 5.88 Å². The Hall–Kier alpha value is -0.240. The molecule has 0 aromatic heterocycles. The molecule has 0 heterocycles. The van der Waals surface area contributed by atoms with E-state index in [1.807, 2.05) is 0 Å². The lowest BCUT2D eigenvalue weighted by molar-refractivity contribution is -0.119. The first-order valence-electron chi connectivity index (χ1n) is 8.53. The van der Waals surface area contributed by atoms with Gasteiger partial charge in [-0.2, -0.15) is 0 Å². The molecule has 0 radical (unpaired) electrons. The van der Waals surface area contributed by atoms with Crippen LogP contribution in [0.1, 0.15) is 90.9 Å². The smallest absolute Gasteiger partial charge is 0.217 e. The van der Waals surface area contributed by atoms with Gasteiger partial charge in [0.25, 0.3) is 0 Å². The van der Waals surface area contributed by atoms with Crippen LogP contribution in [0.5, 0.6) is 0 Å². The third-order valence-corrected chi connectivity index (χ3v) is 4.12. The first-order chi connectivity index (χ1) is 9.70. The zero-order chi connectivity index (χ0) is 15.1. The summed E-state index contributed by atoms with van der Waals surface area (Å²) in [6.07, 6.45) is 15.9. The normalized spacial score (nSPS) is 12.3. The van der Waals surface area contributed by atoms with Crippen molar-refractivity contribution < 1.29 is 4.79 Å². The van der Waals surface area contributed by atoms with E-state index in [0.717, 1.165) is 6.42 Å². The molecule has 0 spiro atoms. The van der Waals surface area contributed by atoms with Crippen LogP contribution in [0.2, 0.25) is 0 Å². The molecule has 0 aliphatic rings. The van der Waals surface area contributed by atoms with Gasteiger partial charge in [0.05, 0.1) is 0 Å². The van der Waals surface area contributed by atoms with Crippen molar-refractivity contribution in [3.05, 3.63) is 0 Å². The number of nitrogens with one attached hydrogen (secondary N) is 1. The van der Waals surface area contributed by atoms with Gasteiger partial charge >= 0.3 is 0 Å². The minimum Gasteiger partial charge on any atom is -0.352 e. The molecule has 1 atom stereocenters. The van der Waals surface area contributed by atoms with Crippen LogP contribution in [0.25, 0.3) is 0 Å². The van der Waals surface area contributed by atoms with E-state index in [9.17, 15) is 4.79 Å². The number of unbranched alkanes of at least 4 members (excludes halogenated alkanes) is 10. The highest BCUT2D eigenvalue weighted by Gasteiger charge is 2.07. The van der Waals surface area contributed by atoms with Gasteiger partial charge in [-0.3, -0.25) is 4.79 Å². The molecule has 0 saturated heterocycles. The monoisotopic (exact) mass is 303 g/mol. The molecule has 0 bridgehead atoms. The molecular formula is C17H34ClNO. The summed E-state index contributed by atoms with van der Waals surface area (Å²) >= 11 is 5.83. The molecule has 0 unspecified atom stereocenters. The summed E-state index contributed by atoms with van der Waals surface area (Å²) < 4.78 is 0. The van der Waals surface area contributed by atoms with Crippen molar-refractivity contribution in [1.82, 2.24) is 5.32 Å². The molecule has 1 amide bonds. The molecule has 0 aromatic rings. The predicted octanol–water partition coefficient (Wildman–Crippen LogP) is 5.43. The SMILES string of the molecule is CCCCCCCCCCCCC[C@H](CCl)NC(C)=O. The number of amides is 1. The quantitative estimate of drug-likeness (QED) is 0.336. The molecule has 0 aliphatic carbocycles. The highest BCUT2D eigenvalue weighted by atomic mass is 35.5. The minimum atomic E-state index is 0.0266. The second-order valence-electron chi connectivity index (χ2n) is 5.88. The Kier molecular flexibility index (Phi) is 15.0. The van der Waals surface area contributed by atoms with E-state index >= 15 is 0 Å². The summed E-state index contributed by atoms with van der Waals surface area (Å²) in [5.41, 5.74) is 0. The number of carbonyl (C=O) groups excluding carboxylic acids is 1. The molecule has 0 aliphatic heterocycles. The molecule has 0 fully saturated rings. The van der Waals surface area contributed by atoms with Crippen LogP contribution in [0.15, 0.2) is 0 Å². The van der Waals surface area contributed by atoms with E-state index in [4.69, 9.17) is 11.6 Å². The van der Waals surface area contributed by atoms with Crippen molar-refractivity contribution in [3.8, 4) is 0 Å². The van der Waals surface area contributed by atoms with Gasteiger partial charge in [0.2, 0.25) is 5.91 Å².